The van der Waals surface area contributed by atoms with Crippen LogP contribution >= 0.6 is 0 Å². The maximum atomic E-state index is 13.4. The van der Waals surface area contributed by atoms with E-state index in [1.54, 1.807) is 5.06 Å². The lowest BCUT2D eigenvalue weighted by Crippen LogP contribution is -2.37. The van der Waals surface area contributed by atoms with Crippen molar-refractivity contribution in [1.82, 2.24) is 0 Å². The fourth-order valence-electron chi connectivity index (χ4n) is 4.27. The number of anilines is 2. The molecule has 0 radical (unpaired) electrons. The molecule has 0 bridgehead atoms. The molecule has 5 rings (SSSR count). The summed E-state index contributed by atoms with van der Waals surface area (Å²) in [5, 5.41) is 1.69. The topological polar surface area (TPSA) is 49.9 Å². The molecule has 3 aromatic rings. The Morgan fingerprint density at radius 3 is 2.20 bits per heavy atom. The van der Waals surface area contributed by atoms with Crippen LogP contribution in [0.4, 0.5) is 15.8 Å². The van der Waals surface area contributed by atoms with Crippen molar-refractivity contribution in [2.75, 3.05) is 9.96 Å². The van der Waals surface area contributed by atoms with E-state index in [9.17, 15) is 14.0 Å². The highest BCUT2D eigenvalue weighted by atomic mass is 19.1. The number of halogens is 1. The summed E-state index contributed by atoms with van der Waals surface area (Å²) in [4.78, 5) is 33.8. The van der Waals surface area contributed by atoms with E-state index in [1.807, 2.05) is 61.5 Å². The van der Waals surface area contributed by atoms with Gasteiger partial charge in [0, 0.05) is 0 Å². The summed E-state index contributed by atoms with van der Waals surface area (Å²) in [5.41, 5.74) is 3.03. The van der Waals surface area contributed by atoms with Crippen LogP contribution in [0, 0.1) is 18.7 Å². The monoisotopic (exact) mass is 402 g/mol. The van der Waals surface area contributed by atoms with E-state index >= 15 is 0 Å². The minimum atomic E-state index is -0.938. The molecular formula is C24H19FN2O3. The minimum absolute atomic E-state index is 0.346. The van der Waals surface area contributed by atoms with Gasteiger partial charge in [0.05, 0.1) is 17.4 Å². The van der Waals surface area contributed by atoms with Gasteiger partial charge in [-0.15, -0.1) is 0 Å². The average molecular weight is 402 g/mol. The zero-order valence-electron chi connectivity index (χ0n) is 16.2. The van der Waals surface area contributed by atoms with E-state index < -0.39 is 29.8 Å². The molecule has 6 heteroatoms. The molecule has 0 aliphatic carbocycles. The van der Waals surface area contributed by atoms with Crippen LogP contribution in [0.25, 0.3) is 0 Å². The summed E-state index contributed by atoms with van der Waals surface area (Å²) in [6.45, 7) is 1.96. The van der Waals surface area contributed by atoms with Crippen molar-refractivity contribution in [3.8, 4) is 0 Å². The number of hydrogen-bond acceptors (Lipinski definition) is 4. The predicted octanol–water partition coefficient (Wildman–Crippen LogP) is 4.19. The van der Waals surface area contributed by atoms with Crippen LogP contribution in [-0.4, -0.2) is 17.9 Å². The van der Waals surface area contributed by atoms with Crippen LogP contribution in [0.2, 0.25) is 0 Å². The van der Waals surface area contributed by atoms with E-state index in [4.69, 9.17) is 4.84 Å². The van der Waals surface area contributed by atoms with Gasteiger partial charge in [-0.1, -0.05) is 48.5 Å². The lowest BCUT2D eigenvalue weighted by atomic mass is 9.90. The Hall–Kier alpha value is -3.51. The van der Waals surface area contributed by atoms with Gasteiger partial charge >= 0.3 is 0 Å². The van der Waals surface area contributed by atoms with Crippen LogP contribution in [0.15, 0.2) is 78.9 Å². The largest absolute Gasteiger partial charge is 0.273 e. The fraction of sp³-hybridized carbons (Fsp3) is 0.167. The molecule has 0 unspecified atom stereocenters. The first-order chi connectivity index (χ1) is 14.6. The Labute approximate surface area is 173 Å². The smallest absolute Gasteiger partial charge is 0.266 e. The molecule has 2 amide bonds. The minimum Gasteiger partial charge on any atom is -0.273 e. The Morgan fingerprint density at radius 2 is 1.50 bits per heavy atom. The number of imide groups is 1. The first-order valence-corrected chi connectivity index (χ1v) is 9.76. The summed E-state index contributed by atoms with van der Waals surface area (Å²) in [6.07, 6.45) is -0.938. The Morgan fingerprint density at radius 1 is 0.833 bits per heavy atom. The highest BCUT2D eigenvalue weighted by Crippen LogP contribution is 2.48. The number of hydrogen-bond donors (Lipinski definition) is 0. The standard InChI is InChI=1S/C24H19FN2O3/c1-15-7-5-6-10-19(15)27-21(16-8-3-2-4-9-16)20-22(30-27)24(29)26(23(20)28)18-13-11-17(25)12-14-18/h2-14,20-22H,1H3/t20-,21+,22+/m1/s1. The fourth-order valence-corrected chi connectivity index (χ4v) is 4.27. The summed E-state index contributed by atoms with van der Waals surface area (Å²) >= 11 is 0. The van der Waals surface area contributed by atoms with Crippen LogP contribution in [0.1, 0.15) is 17.2 Å². The molecule has 0 saturated carbocycles. The van der Waals surface area contributed by atoms with E-state index in [2.05, 4.69) is 0 Å². The number of benzene rings is 3. The molecule has 3 atom stereocenters. The quantitative estimate of drug-likeness (QED) is 0.617. The van der Waals surface area contributed by atoms with Crippen molar-refractivity contribution >= 4 is 23.2 Å². The van der Waals surface area contributed by atoms with E-state index in [0.29, 0.717) is 5.69 Å². The molecule has 2 aliphatic rings. The zero-order valence-corrected chi connectivity index (χ0v) is 16.2. The zero-order chi connectivity index (χ0) is 20.8. The van der Waals surface area contributed by atoms with E-state index in [0.717, 1.165) is 21.7 Å². The Bertz CT molecular complexity index is 1120. The number of rotatable bonds is 3. The summed E-state index contributed by atoms with van der Waals surface area (Å²) in [7, 11) is 0. The number of carbonyl (C=O) groups excluding carboxylic acids is 2. The van der Waals surface area contributed by atoms with Gasteiger partial charge in [0.2, 0.25) is 5.91 Å². The van der Waals surface area contributed by atoms with Crippen LogP contribution in [0.5, 0.6) is 0 Å². The van der Waals surface area contributed by atoms with E-state index in [-0.39, 0.29) is 5.91 Å². The second kappa shape index (κ2) is 7.07. The average Bonchev–Trinajstić information content (AvgIpc) is 3.26. The third kappa shape index (κ3) is 2.80. The molecule has 30 heavy (non-hydrogen) atoms. The van der Waals surface area contributed by atoms with Crippen molar-refractivity contribution in [2.45, 2.75) is 19.1 Å². The van der Waals surface area contributed by atoms with Gasteiger partial charge in [0.25, 0.3) is 5.91 Å². The molecule has 3 aromatic carbocycles. The molecule has 0 aromatic heterocycles. The van der Waals surface area contributed by atoms with Gasteiger partial charge in [-0.25, -0.2) is 14.4 Å². The number of carbonyl (C=O) groups is 2. The summed E-state index contributed by atoms with van der Waals surface area (Å²) < 4.78 is 13.3. The lowest BCUT2D eigenvalue weighted by Gasteiger charge is -2.29. The molecule has 5 nitrogen and oxygen atoms in total. The van der Waals surface area contributed by atoms with Gasteiger partial charge in [-0.05, 0) is 48.4 Å². The molecule has 0 spiro atoms. The third-order valence-corrected chi connectivity index (χ3v) is 5.69. The maximum absolute atomic E-state index is 13.4. The highest BCUT2D eigenvalue weighted by Gasteiger charge is 2.60. The molecule has 2 heterocycles. The van der Waals surface area contributed by atoms with Gasteiger partial charge in [0.15, 0.2) is 6.10 Å². The molecular weight excluding hydrogens is 383 g/mol. The summed E-state index contributed by atoms with van der Waals surface area (Å²) in [6, 6.07) is 22.2. The SMILES string of the molecule is Cc1ccccc1N1O[C@@H]2C(=O)N(c3ccc(F)cc3)C(=O)[C@@H]2[C@@H]1c1ccccc1. The van der Waals surface area contributed by atoms with Crippen LogP contribution in [0.3, 0.4) is 0 Å². The van der Waals surface area contributed by atoms with Crippen LogP contribution in [-0.2, 0) is 14.4 Å². The highest BCUT2D eigenvalue weighted by molar-refractivity contribution is 6.23. The van der Waals surface area contributed by atoms with Crippen molar-refractivity contribution in [2.24, 2.45) is 5.92 Å². The lowest BCUT2D eigenvalue weighted by molar-refractivity contribution is -0.126. The van der Waals surface area contributed by atoms with Crippen molar-refractivity contribution in [1.29, 1.82) is 0 Å². The molecule has 0 N–H and O–H groups in total. The van der Waals surface area contributed by atoms with Crippen molar-refractivity contribution in [3.63, 3.8) is 0 Å². The molecule has 2 aliphatic heterocycles. The molecule has 2 saturated heterocycles. The van der Waals surface area contributed by atoms with Gasteiger partial charge in [-0.2, -0.15) is 0 Å². The van der Waals surface area contributed by atoms with Gasteiger partial charge in [0.1, 0.15) is 11.7 Å². The van der Waals surface area contributed by atoms with E-state index in [1.165, 1.54) is 24.3 Å². The van der Waals surface area contributed by atoms with Crippen LogP contribution < -0.4 is 9.96 Å². The maximum Gasteiger partial charge on any atom is 0.266 e. The summed E-state index contributed by atoms with van der Waals surface area (Å²) in [5.74, 6) is -1.91. The number of hydroxylamine groups is 1. The van der Waals surface area contributed by atoms with Crippen molar-refractivity contribution in [3.05, 3.63) is 95.8 Å². The number of nitrogens with zero attached hydrogens (tertiary/aromatic N) is 2. The third-order valence-electron chi connectivity index (χ3n) is 5.69. The molecule has 2 fully saturated rings. The van der Waals surface area contributed by atoms with Crippen molar-refractivity contribution < 1.29 is 18.8 Å². The first-order valence-electron chi connectivity index (χ1n) is 9.76. The predicted molar refractivity (Wildman–Crippen MR) is 110 cm³/mol. The second-order valence-electron chi connectivity index (χ2n) is 7.51. The number of aryl methyl sites for hydroxylation is 1. The van der Waals surface area contributed by atoms with Gasteiger partial charge in [-0.3, -0.25) is 14.4 Å². The number of amides is 2. The Kier molecular flexibility index (Phi) is 4.37. The second-order valence-corrected chi connectivity index (χ2v) is 7.51. The van der Waals surface area contributed by atoms with Gasteiger partial charge < -0.3 is 0 Å². The Balaban J connectivity index is 1.59. The number of para-hydroxylation sites is 1. The number of fused-ring (bicyclic) bond motifs is 1. The normalized spacial score (nSPS) is 23.2. The molecule has 150 valence electrons. The first kappa shape index (κ1) is 18.5.